The Balaban J connectivity index is 0.00000312. The lowest BCUT2D eigenvalue weighted by Crippen LogP contribution is -2.38. The third-order valence-corrected chi connectivity index (χ3v) is 3.96. The van der Waals surface area contributed by atoms with Gasteiger partial charge >= 0.3 is 0 Å². The van der Waals surface area contributed by atoms with Crippen molar-refractivity contribution in [2.24, 2.45) is 4.99 Å². The molecule has 2 aromatic rings. The average Bonchev–Trinajstić information content (AvgIpc) is 3.10. The topological polar surface area (TPSA) is 54.2 Å². The molecule has 2 N–H and O–H groups in total. The molecule has 0 saturated heterocycles. The number of halogens is 2. The van der Waals surface area contributed by atoms with Crippen molar-refractivity contribution < 1.29 is 0 Å². The molecule has 0 bridgehead atoms. The first-order valence-electron chi connectivity index (χ1n) is 8.52. The summed E-state index contributed by atoms with van der Waals surface area (Å²) in [5, 5.41) is 11.7. The zero-order valence-corrected chi connectivity index (χ0v) is 17.7. The van der Waals surface area contributed by atoms with Crippen molar-refractivity contribution in [1.82, 2.24) is 20.4 Å². The Kier molecular flexibility index (Phi) is 11.3. The summed E-state index contributed by atoms with van der Waals surface area (Å²) < 4.78 is 1.93. The third-order valence-electron chi connectivity index (χ3n) is 3.59. The number of hydrogen-bond donors (Lipinski definition) is 2. The van der Waals surface area contributed by atoms with Gasteiger partial charge in [-0.3, -0.25) is 9.67 Å². The van der Waals surface area contributed by atoms with Crippen LogP contribution in [-0.2, 0) is 13.0 Å². The number of benzene rings is 1. The number of nitrogens with zero attached hydrogens (tertiary/aromatic N) is 3. The van der Waals surface area contributed by atoms with Crippen LogP contribution in [0.15, 0.2) is 47.7 Å². The van der Waals surface area contributed by atoms with E-state index in [2.05, 4.69) is 33.7 Å². The SMILES string of the molecule is CCNC(=NCCCn1cccn1)NCCCc1ccccc1Cl.I. The molecular weight excluding hydrogens is 449 g/mol. The minimum absolute atomic E-state index is 0. The van der Waals surface area contributed by atoms with Gasteiger partial charge in [0.1, 0.15) is 0 Å². The monoisotopic (exact) mass is 475 g/mol. The van der Waals surface area contributed by atoms with Crippen molar-refractivity contribution in [2.75, 3.05) is 19.6 Å². The maximum atomic E-state index is 6.18. The molecule has 0 aliphatic heterocycles. The molecule has 138 valence electrons. The molecular formula is C18H27ClIN5. The third kappa shape index (κ3) is 8.58. The number of hydrogen-bond acceptors (Lipinski definition) is 2. The van der Waals surface area contributed by atoms with Crippen LogP contribution in [0.5, 0.6) is 0 Å². The molecule has 0 aliphatic rings. The van der Waals surface area contributed by atoms with Crippen LogP contribution in [0.1, 0.15) is 25.3 Å². The average molecular weight is 476 g/mol. The van der Waals surface area contributed by atoms with E-state index < -0.39 is 0 Å². The minimum Gasteiger partial charge on any atom is -0.357 e. The molecule has 2 rings (SSSR count). The van der Waals surface area contributed by atoms with Crippen LogP contribution in [0, 0.1) is 0 Å². The molecule has 1 aromatic carbocycles. The van der Waals surface area contributed by atoms with Gasteiger partial charge in [0.2, 0.25) is 0 Å². The van der Waals surface area contributed by atoms with E-state index in [1.807, 2.05) is 35.1 Å². The number of aliphatic imine (C=N–C) groups is 1. The molecule has 1 heterocycles. The van der Waals surface area contributed by atoms with Gasteiger partial charge in [0.25, 0.3) is 0 Å². The number of aryl methyl sites for hydroxylation is 2. The molecule has 0 fully saturated rings. The van der Waals surface area contributed by atoms with Crippen molar-refractivity contribution in [3.8, 4) is 0 Å². The Morgan fingerprint density at radius 3 is 2.76 bits per heavy atom. The highest BCUT2D eigenvalue weighted by Crippen LogP contribution is 2.16. The molecule has 5 nitrogen and oxygen atoms in total. The Bertz CT molecular complexity index is 616. The van der Waals surface area contributed by atoms with Crippen molar-refractivity contribution in [3.63, 3.8) is 0 Å². The fraction of sp³-hybridized carbons (Fsp3) is 0.444. The van der Waals surface area contributed by atoms with Gasteiger partial charge < -0.3 is 10.6 Å². The van der Waals surface area contributed by atoms with Crippen LogP contribution in [0.3, 0.4) is 0 Å². The fourth-order valence-electron chi connectivity index (χ4n) is 2.38. The first kappa shape index (κ1) is 21.8. The van der Waals surface area contributed by atoms with Crippen LogP contribution in [0.2, 0.25) is 5.02 Å². The van der Waals surface area contributed by atoms with Gasteiger partial charge in [0, 0.05) is 43.6 Å². The largest absolute Gasteiger partial charge is 0.357 e. The predicted octanol–water partition coefficient (Wildman–Crippen LogP) is 3.73. The summed E-state index contributed by atoms with van der Waals surface area (Å²) in [5.74, 6) is 0.872. The summed E-state index contributed by atoms with van der Waals surface area (Å²) in [6, 6.07) is 9.95. The first-order chi connectivity index (χ1) is 11.8. The van der Waals surface area contributed by atoms with Crippen molar-refractivity contribution in [1.29, 1.82) is 0 Å². The molecule has 0 aliphatic carbocycles. The van der Waals surface area contributed by atoms with E-state index in [9.17, 15) is 0 Å². The number of guanidine groups is 1. The second-order valence-electron chi connectivity index (χ2n) is 5.51. The Labute approximate surface area is 172 Å². The maximum absolute atomic E-state index is 6.18. The van der Waals surface area contributed by atoms with Crippen LogP contribution in [0.4, 0.5) is 0 Å². The Morgan fingerprint density at radius 1 is 1.20 bits per heavy atom. The van der Waals surface area contributed by atoms with E-state index in [0.29, 0.717) is 0 Å². The quantitative estimate of drug-likeness (QED) is 0.251. The van der Waals surface area contributed by atoms with Gasteiger partial charge in [0.15, 0.2) is 5.96 Å². The lowest BCUT2D eigenvalue weighted by molar-refractivity contribution is 0.583. The molecule has 0 atom stereocenters. The molecule has 0 spiro atoms. The van der Waals surface area contributed by atoms with E-state index in [1.165, 1.54) is 5.56 Å². The van der Waals surface area contributed by atoms with E-state index >= 15 is 0 Å². The summed E-state index contributed by atoms with van der Waals surface area (Å²) in [6.07, 6.45) is 6.72. The zero-order valence-electron chi connectivity index (χ0n) is 14.6. The minimum atomic E-state index is 0. The second-order valence-corrected chi connectivity index (χ2v) is 5.91. The van der Waals surface area contributed by atoms with E-state index in [1.54, 1.807) is 6.20 Å². The van der Waals surface area contributed by atoms with Crippen LogP contribution in [0.25, 0.3) is 0 Å². The first-order valence-corrected chi connectivity index (χ1v) is 8.90. The van der Waals surface area contributed by atoms with Gasteiger partial charge in [-0.1, -0.05) is 29.8 Å². The summed E-state index contributed by atoms with van der Waals surface area (Å²) in [5.41, 5.74) is 1.20. The van der Waals surface area contributed by atoms with Gasteiger partial charge in [-0.05, 0) is 43.9 Å². The molecule has 1 aromatic heterocycles. The normalized spacial score (nSPS) is 11.0. The summed E-state index contributed by atoms with van der Waals surface area (Å²) in [4.78, 5) is 4.60. The Morgan fingerprint density at radius 2 is 2.04 bits per heavy atom. The summed E-state index contributed by atoms with van der Waals surface area (Å²) in [7, 11) is 0. The van der Waals surface area contributed by atoms with E-state index in [4.69, 9.17) is 11.6 Å². The molecule has 0 saturated carbocycles. The summed E-state index contributed by atoms with van der Waals surface area (Å²) in [6.45, 7) is 5.47. The Hall–Kier alpha value is -1.28. The smallest absolute Gasteiger partial charge is 0.191 e. The van der Waals surface area contributed by atoms with Gasteiger partial charge in [-0.2, -0.15) is 5.10 Å². The highest BCUT2D eigenvalue weighted by molar-refractivity contribution is 14.0. The number of nitrogens with one attached hydrogen (secondary N) is 2. The number of aromatic nitrogens is 2. The van der Waals surface area contributed by atoms with E-state index in [-0.39, 0.29) is 24.0 Å². The van der Waals surface area contributed by atoms with Gasteiger partial charge in [0.05, 0.1) is 0 Å². The lowest BCUT2D eigenvalue weighted by atomic mass is 10.1. The predicted molar refractivity (Wildman–Crippen MR) is 116 cm³/mol. The maximum Gasteiger partial charge on any atom is 0.191 e. The van der Waals surface area contributed by atoms with Crippen molar-refractivity contribution >= 4 is 41.5 Å². The van der Waals surface area contributed by atoms with Gasteiger partial charge in [-0.15, -0.1) is 24.0 Å². The molecule has 7 heteroatoms. The van der Waals surface area contributed by atoms with Crippen molar-refractivity contribution in [2.45, 2.75) is 32.7 Å². The van der Waals surface area contributed by atoms with Crippen molar-refractivity contribution in [3.05, 3.63) is 53.3 Å². The highest BCUT2D eigenvalue weighted by Gasteiger charge is 2.00. The standard InChI is InChI=1S/C18H26ClN5.HI/c1-2-20-18(22-12-6-14-24-15-7-13-23-24)21-11-5-9-16-8-3-4-10-17(16)19;/h3-4,7-8,10,13,15H,2,5-6,9,11-12,14H2,1H3,(H2,20,21,22);1H. The highest BCUT2D eigenvalue weighted by atomic mass is 127. The second kappa shape index (κ2) is 13.0. The lowest BCUT2D eigenvalue weighted by Gasteiger charge is -2.11. The fourth-order valence-corrected chi connectivity index (χ4v) is 2.62. The van der Waals surface area contributed by atoms with E-state index in [0.717, 1.165) is 56.4 Å². The summed E-state index contributed by atoms with van der Waals surface area (Å²) >= 11 is 6.18. The molecule has 0 unspecified atom stereocenters. The molecule has 0 amide bonds. The van der Waals surface area contributed by atoms with Crippen LogP contribution < -0.4 is 10.6 Å². The van der Waals surface area contributed by atoms with Gasteiger partial charge in [-0.25, -0.2) is 0 Å². The van der Waals surface area contributed by atoms with Crippen LogP contribution >= 0.6 is 35.6 Å². The molecule has 0 radical (unpaired) electrons. The number of rotatable bonds is 9. The zero-order chi connectivity index (χ0) is 17.0. The molecule has 25 heavy (non-hydrogen) atoms. The van der Waals surface area contributed by atoms with Crippen LogP contribution in [-0.4, -0.2) is 35.4 Å².